The Morgan fingerprint density at radius 1 is 0.378 bits per heavy atom. The molecule has 0 radical (unpaired) electrons. The Bertz CT molecular complexity index is 1550. The van der Waals surface area contributed by atoms with E-state index in [9.17, 15) is 0 Å². The quantitative estimate of drug-likeness (QED) is 0.249. The Labute approximate surface area is 218 Å². The largest absolute Gasteiger partial charge is 0.356 e. The summed E-state index contributed by atoms with van der Waals surface area (Å²) in [4.78, 5) is 0. The molecule has 6 aromatic carbocycles. The normalized spacial score (nSPS) is 11.5. The van der Waals surface area contributed by atoms with Crippen LogP contribution in [0, 0.1) is 0 Å². The van der Waals surface area contributed by atoms with E-state index >= 15 is 0 Å². The van der Waals surface area contributed by atoms with Crippen molar-refractivity contribution < 1.29 is 0 Å². The molecule has 6 rings (SSSR count). The van der Waals surface area contributed by atoms with E-state index < -0.39 is 0 Å². The van der Waals surface area contributed by atoms with Crippen LogP contribution >= 0.6 is 0 Å². The molecule has 0 atom stereocenters. The van der Waals surface area contributed by atoms with E-state index in [1.165, 1.54) is 32.7 Å². The maximum atomic E-state index is 3.55. The number of rotatable bonds is 6. The molecule has 0 unspecified atom stereocenters. The molecular formula is C35H30N2. The molecular weight excluding hydrogens is 448 g/mol. The van der Waals surface area contributed by atoms with Crippen LogP contribution in [-0.4, -0.2) is 0 Å². The van der Waals surface area contributed by atoms with Gasteiger partial charge < -0.3 is 10.6 Å². The minimum Gasteiger partial charge on any atom is -0.356 e. The van der Waals surface area contributed by atoms with Gasteiger partial charge in [0, 0.05) is 28.2 Å². The Morgan fingerprint density at radius 3 is 1.14 bits per heavy atom. The molecule has 37 heavy (non-hydrogen) atoms. The van der Waals surface area contributed by atoms with Crippen molar-refractivity contribution >= 4 is 44.3 Å². The van der Waals surface area contributed by atoms with Gasteiger partial charge in [-0.2, -0.15) is 0 Å². The summed E-state index contributed by atoms with van der Waals surface area (Å²) in [6.45, 7) is 4.56. The monoisotopic (exact) mass is 478 g/mol. The first-order valence-corrected chi connectivity index (χ1v) is 12.8. The summed E-state index contributed by atoms with van der Waals surface area (Å²) >= 11 is 0. The molecule has 6 aromatic rings. The number of anilines is 4. The number of hydrogen-bond acceptors (Lipinski definition) is 2. The van der Waals surface area contributed by atoms with Gasteiger partial charge in [-0.15, -0.1) is 0 Å². The Kier molecular flexibility index (Phi) is 5.86. The Hall–Kier alpha value is -4.56. The molecule has 2 nitrogen and oxygen atoms in total. The molecule has 2 heteroatoms. The fourth-order valence-corrected chi connectivity index (χ4v) is 4.97. The van der Waals surface area contributed by atoms with Crippen LogP contribution in [0.5, 0.6) is 0 Å². The predicted molar refractivity (Wildman–Crippen MR) is 159 cm³/mol. The van der Waals surface area contributed by atoms with Crippen molar-refractivity contribution in [3.05, 3.63) is 145 Å². The molecule has 0 aliphatic rings. The third-order valence-corrected chi connectivity index (χ3v) is 7.29. The molecule has 0 spiro atoms. The summed E-state index contributed by atoms with van der Waals surface area (Å²) in [7, 11) is 0. The summed E-state index contributed by atoms with van der Waals surface area (Å²) < 4.78 is 0. The second-order valence-corrected chi connectivity index (χ2v) is 10.2. The molecule has 0 aromatic heterocycles. The molecule has 0 bridgehead atoms. The van der Waals surface area contributed by atoms with Crippen molar-refractivity contribution in [3.8, 4) is 0 Å². The van der Waals surface area contributed by atoms with Crippen LogP contribution < -0.4 is 10.6 Å². The van der Waals surface area contributed by atoms with E-state index in [2.05, 4.69) is 158 Å². The first-order valence-electron chi connectivity index (χ1n) is 12.8. The van der Waals surface area contributed by atoms with Gasteiger partial charge in [0.2, 0.25) is 0 Å². The first kappa shape index (κ1) is 22.9. The fraction of sp³-hybridized carbons (Fsp3) is 0.0857. The fourth-order valence-electron chi connectivity index (χ4n) is 4.97. The molecule has 2 N–H and O–H groups in total. The van der Waals surface area contributed by atoms with E-state index in [4.69, 9.17) is 0 Å². The topological polar surface area (TPSA) is 24.1 Å². The Morgan fingerprint density at radius 2 is 0.730 bits per heavy atom. The molecule has 0 saturated carbocycles. The van der Waals surface area contributed by atoms with Gasteiger partial charge in [0.05, 0.1) is 0 Å². The smallest absolute Gasteiger partial charge is 0.0390 e. The van der Waals surface area contributed by atoms with Crippen LogP contribution in [0.2, 0.25) is 0 Å². The summed E-state index contributed by atoms with van der Waals surface area (Å²) in [6.07, 6.45) is 0. The number of hydrogen-bond donors (Lipinski definition) is 2. The van der Waals surface area contributed by atoms with Crippen molar-refractivity contribution in [2.75, 3.05) is 10.6 Å². The minimum atomic E-state index is -0.108. The highest BCUT2D eigenvalue weighted by Gasteiger charge is 2.23. The molecule has 0 fully saturated rings. The van der Waals surface area contributed by atoms with E-state index in [0.29, 0.717) is 0 Å². The van der Waals surface area contributed by atoms with Crippen LogP contribution in [0.4, 0.5) is 22.7 Å². The molecule has 0 saturated heterocycles. The predicted octanol–water partition coefficient (Wildman–Crippen LogP) is 9.81. The average molecular weight is 479 g/mol. The zero-order valence-electron chi connectivity index (χ0n) is 21.2. The number of fused-ring (bicyclic) bond motifs is 2. The van der Waals surface area contributed by atoms with Gasteiger partial charge in [0.25, 0.3) is 0 Å². The van der Waals surface area contributed by atoms with E-state index in [1.807, 2.05) is 0 Å². The lowest BCUT2D eigenvalue weighted by Gasteiger charge is -2.27. The van der Waals surface area contributed by atoms with E-state index in [-0.39, 0.29) is 5.41 Å². The molecule has 180 valence electrons. The number of nitrogens with one attached hydrogen (secondary N) is 2. The first-order chi connectivity index (χ1) is 18.0. The van der Waals surface area contributed by atoms with Gasteiger partial charge in [-0.3, -0.25) is 0 Å². The van der Waals surface area contributed by atoms with Crippen molar-refractivity contribution in [2.24, 2.45) is 0 Å². The van der Waals surface area contributed by atoms with E-state index in [0.717, 1.165) is 22.7 Å². The van der Waals surface area contributed by atoms with Gasteiger partial charge in [0.1, 0.15) is 0 Å². The van der Waals surface area contributed by atoms with Crippen LogP contribution in [0.25, 0.3) is 21.5 Å². The van der Waals surface area contributed by atoms with Gasteiger partial charge >= 0.3 is 0 Å². The zero-order chi connectivity index (χ0) is 25.2. The summed E-state index contributed by atoms with van der Waals surface area (Å²) in [5.74, 6) is 0. The molecule has 0 heterocycles. The standard InChI is InChI=1S/C35H30N2/c1-35(2,29-13-19-31(20-14-29)36-33-17-11-25-7-3-5-9-27(25)23-33)30-15-21-32(22-16-30)37-34-18-12-26-8-4-6-10-28(26)24-34/h3-24,36-37H,1-2H3. The highest BCUT2D eigenvalue weighted by atomic mass is 14.9. The highest BCUT2D eigenvalue weighted by Crippen LogP contribution is 2.34. The summed E-state index contributed by atoms with van der Waals surface area (Å²) in [6, 6.07) is 47.4. The lowest BCUT2D eigenvalue weighted by Crippen LogP contribution is -2.18. The van der Waals surface area contributed by atoms with Crippen molar-refractivity contribution in [1.29, 1.82) is 0 Å². The molecule has 0 aliphatic carbocycles. The second-order valence-electron chi connectivity index (χ2n) is 10.2. The lowest BCUT2D eigenvalue weighted by atomic mass is 9.78. The lowest BCUT2D eigenvalue weighted by molar-refractivity contribution is 0.641. The minimum absolute atomic E-state index is 0.108. The second kappa shape index (κ2) is 9.48. The van der Waals surface area contributed by atoms with Crippen molar-refractivity contribution in [3.63, 3.8) is 0 Å². The maximum absolute atomic E-state index is 3.55. The Balaban J connectivity index is 1.16. The third-order valence-electron chi connectivity index (χ3n) is 7.29. The van der Waals surface area contributed by atoms with Crippen molar-refractivity contribution in [1.82, 2.24) is 0 Å². The maximum Gasteiger partial charge on any atom is 0.0390 e. The zero-order valence-corrected chi connectivity index (χ0v) is 21.2. The van der Waals surface area contributed by atoms with Crippen LogP contribution in [0.1, 0.15) is 25.0 Å². The summed E-state index contributed by atoms with van der Waals surface area (Å²) in [5, 5.41) is 12.1. The highest BCUT2D eigenvalue weighted by molar-refractivity contribution is 5.87. The van der Waals surface area contributed by atoms with Crippen molar-refractivity contribution in [2.45, 2.75) is 19.3 Å². The van der Waals surface area contributed by atoms with Gasteiger partial charge in [-0.25, -0.2) is 0 Å². The summed E-state index contributed by atoms with van der Waals surface area (Å²) in [5.41, 5.74) is 6.83. The van der Waals surface area contributed by atoms with Crippen LogP contribution in [0.3, 0.4) is 0 Å². The van der Waals surface area contributed by atoms with Gasteiger partial charge in [0.15, 0.2) is 0 Å². The van der Waals surface area contributed by atoms with Crippen LogP contribution in [-0.2, 0) is 5.41 Å². The van der Waals surface area contributed by atoms with Gasteiger partial charge in [-0.1, -0.05) is 98.8 Å². The van der Waals surface area contributed by atoms with Crippen LogP contribution in [0.15, 0.2) is 133 Å². The molecule has 0 aliphatic heterocycles. The average Bonchev–Trinajstić information content (AvgIpc) is 2.93. The SMILES string of the molecule is CC(C)(c1ccc(Nc2ccc3ccccc3c2)cc1)c1ccc(Nc2ccc3ccccc3c2)cc1. The number of benzene rings is 6. The third kappa shape index (κ3) is 4.79. The molecule has 0 amide bonds. The van der Waals surface area contributed by atoms with E-state index in [1.54, 1.807) is 0 Å². The van der Waals surface area contributed by atoms with Gasteiger partial charge in [-0.05, 0) is 81.2 Å².